The molecule has 1 amide bonds. The van der Waals surface area contributed by atoms with Crippen molar-refractivity contribution >= 4 is 39.1 Å². The molecule has 3 aromatic rings. The third-order valence-corrected chi connectivity index (χ3v) is 5.76. The Hall–Kier alpha value is -2.93. The molecule has 29 heavy (non-hydrogen) atoms. The molecule has 1 aromatic heterocycles. The fourth-order valence-electron chi connectivity index (χ4n) is 2.93. The van der Waals surface area contributed by atoms with E-state index in [4.69, 9.17) is 4.74 Å². The number of hydrogen-bond donors (Lipinski definition) is 0. The Kier molecular flexibility index (Phi) is 6.17. The smallest absolute Gasteiger partial charge is 0.325 e. The van der Waals surface area contributed by atoms with Crippen LogP contribution in [0.2, 0.25) is 0 Å². The van der Waals surface area contributed by atoms with E-state index in [0.29, 0.717) is 16.3 Å². The van der Waals surface area contributed by atoms with Crippen molar-refractivity contribution in [1.29, 1.82) is 0 Å². The molecular formula is C22H25N3O3S. The van der Waals surface area contributed by atoms with Gasteiger partial charge in [0.1, 0.15) is 6.54 Å². The second-order valence-electron chi connectivity index (χ2n) is 7.29. The lowest BCUT2D eigenvalue weighted by molar-refractivity contribution is -0.141. The zero-order valence-corrected chi connectivity index (χ0v) is 18.1. The highest BCUT2D eigenvalue weighted by molar-refractivity contribution is 7.16. The maximum absolute atomic E-state index is 12.8. The second-order valence-corrected chi connectivity index (χ2v) is 8.30. The summed E-state index contributed by atoms with van der Waals surface area (Å²) in [6.07, 6.45) is 0. The summed E-state index contributed by atoms with van der Waals surface area (Å²) in [5.74, 6) is -0.348. The molecule has 0 saturated carbocycles. The third-order valence-electron chi connectivity index (χ3n) is 4.72. The fourth-order valence-corrected chi connectivity index (χ4v) is 4.01. The van der Waals surface area contributed by atoms with Gasteiger partial charge in [0.2, 0.25) is 0 Å². The first kappa shape index (κ1) is 20.8. The van der Waals surface area contributed by atoms with Crippen molar-refractivity contribution in [3.63, 3.8) is 0 Å². The summed E-state index contributed by atoms with van der Waals surface area (Å²) in [6, 6.07) is 13.4. The minimum atomic E-state index is -0.387. The van der Waals surface area contributed by atoms with Gasteiger partial charge in [-0.15, -0.1) is 0 Å². The van der Waals surface area contributed by atoms with E-state index in [2.05, 4.69) is 24.9 Å². The number of rotatable bonds is 5. The largest absolute Gasteiger partial charge is 0.468 e. The minimum absolute atomic E-state index is 0.00318. The fraction of sp³-hybridized carbons (Fsp3) is 0.318. The summed E-state index contributed by atoms with van der Waals surface area (Å²) in [5, 5.41) is 0. The highest BCUT2D eigenvalue weighted by Gasteiger charge is 2.14. The third kappa shape index (κ3) is 4.56. The van der Waals surface area contributed by atoms with Crippen LogP contribution in [0.1, 0.15) is 35.7 Å². The SMILES string of the molecule is COC(=O)Cn1c(=NC(=O)c2ccc(N(C)C)cc2)sc2cc(C(C)C)ccc21. The predicted molar refractivity (Wildman–Crippen MR) is 117 cm³/mol. The van der Waals surface area contributed by atoms with Gasteiger partial charge in [-0.05, 0) is 47.9 Å². The molecule has 0 N–H and O–H groups in total. The van der Waals surface area contributed by atoms with Crippen molar-refractivity contribution in [2.45, 2.75) is 26.3 Å². The molecular weight excluding hydrogens is 386 g/mol. The van der Waals surface area contributed by atoms with E-state index in [9.17, 15) is 9.59 Å². The standard InChI is InChI=1S/C22H25N3O3S/c1-14(2)16-8-11-18-19(12-16)29-22(25(18)13-20(26)28-5)23-21(27)15-6-9-17(10-7-15)24(3)4/h6-12,14H,13H2,1-5H3. The van der Waals surface area contributed by atoms with Crippen LogP contribution >= 0.6 is 11.3 Å². The lowest BCUT2D eigenvalue weighted by atomic mass is 10.0. The Balaban J connectivity index is 2.08. The Labute approximate surface area is 174 Å². The van der Waals surface area contributed by atoms with E-state index in [1.807, 2.05) is 43.3 Å². The summed E-state index contributed by atoms with van der Waals surface area (Å²) in [5.41, 5.74) is 3.56. The van der Waals surface area contributed by atoms with Crippen LogP contribution in [0.4, 0.5) is 5.69 Å². The molecule has 0 aliphatic rings. The van der Waals surface area contributed by atoms with Gasteiger partial charge in [0.25, 0.3) is 5.91 Å². The first-order valence-electron chi connectivity index (χ1n) is 9.36. The van der Waals surface area contributed by atoms with Crippen molar-refractivity contribution in [3.05, 3.63) is 58.4 Å². The summed E-state index contributed by atoms with van der Waals surface area (Å²) < 4.78 is 7.55. The molecule has 0 spiro atoms. The molecule has 152 valence electrons. The van der Waals surface area contributed by atoms with Crippen LogP contribution in [0.25, 0.3) is 10.2 Å². The number of fused-ring (bicyclic) bond motifs is 1. The number of carbonyl (C=O) groups excluding carboxylic acids is 2. The van der Waals surface area contributed by atoms with Crippen LogP contribution in [-0.2, 0) is 16.1 Å². The number of aromatic nitrogens is 1. The van der Waals surface area contributed by atoms with Crippen LogP contribution in [0, 0.1) is 0 Å². The number of nitrogens with zero attached hydrogens (tertiary/aromatic N) is 3. The number of ether oxygens (including phenoxy) is 1. The normalized spacial score (nSPS) is 11.9. The van der Waals surface area contributed by atoms with Gasteiger partial charge in [0.05, 0.1) is 17.3 Å². The zero-order valence-electron chi connectivity index (χ0n) is 17.3. The van der Waals surface area contributed by atoms with E-state index >= 15 is 0 Å². The van der Waals surface area contributed by atoms with Crippen molar-refractivity contribution in [1.82, 2.24) is 4.57 Å². The number of hydrogen-bond acceptors (Lipinski definition) is 5. The average Bonchev–Trinajstić information content (AvgIpc) is 3.03. The van der Waals surface area contributed by atoms with E-state index < -0.39 is 0 Å². The minimum Gasteiger partial charge on any atom is -0.468 e. The van der Waals surface area contributed by atoms with Crippen LogP contribution in [0.5, 0.6) is 0 Å². The number of anilines is 1. The summed E-state index contributed by atoms with van der Waals surface area (Å²) in [4.78, 5) is 31.5. The maximum Gasteiger partial charge on any atom is 0.325 e. The van der Waals surface area contributed by atoms with Gasteiger partial charge in [0, 0.05) is 25.3 Å². The van der Waals surface area contributed by atoms with Crippen LogP contribution in [0.15, 0.2) is 47.5 Å². The van der Waals surface area contributed by atoms with Crippen molar-refractivity contribution in [3.8, 4) is 0 Å². The second kappa shape index (κ2) is 8.61. The maximum atomic E-state index is 12.8. The van der Waals surface area contributed by atoms with Gasteiger partial charge in [-0.2, -0.15) is 4.99 Å². The topological polar surface area (TPSA) is 63.9 Å². The predicted octanol–water partition coefficient (Wildman–Crippen LogP) is 3.81. The quantitative estimate of drug-likeness (QED) is 0.599. The molecule has 0 aliphatic carbocycles. The monoisotopic (exact) mass is 411 g/mol. The number of thiazole rings is 1. The van der Waals surface area contributed by atoms with Crippen LogP contribution in [0.3, 0.4) is 0 Å². The molecule has 2 aromatic carbocycles. The van der Waals surface area contributed by atoms with Gasteiger partial charge >= 0.3 is 5.97 Å². The van der Waals surface area contributed by atoms with Gasteiger partial charge in [-0.25, -0.2) is 0 Å². The van der Waals surface area contributed by atoms with E-state index in [1.54, 1.807) is 16.7 Å². The Bertz CT molecular complexity index is 1110. The molecule has 0 atom stereocenters. The van der Waals surface area contributed by atoms with E-state index in [0.717, 1.165) is 15.9 Å². The number of esters is 1. The summed E-state index contributed by atoms with van der Waals surface area (Å²) in [6.45, 7) is 4.26. The van der Waals surface area contributed by atoms with Gasteiger partial charge < -0.3 is 14.2 Å². The number of methoxy groups -OCH3 is 1. The van der Waals surface area contributed by atoms with Gasteiger partial charge in [-0.1, -0.05) is 31.3 Å². The van der Waals surface area contributed by atoms with Crippen molar-refractivity contribution in [2.75, 3.05) is 26.1 Å². The molecule has 0 aliphatic heterocycles. The van der Waals surface area contributed by atoms with Crippen LogP contribution < -0.4 is 9.70 Å². The highest BCUT2D eigenvalue weighted by atomic mass is 32.1. The Morgan fingerprint density at radius 3 is 2.41 bits per heavy atom. The first-order chi connectivity index (χ1) is 13.8. The molecule has 6 nitrogen and oxygen atoms in total. The molecule has 0 fully saturated rings. The molecule has 0 bridgehead atoms. The Morgan fingerprint density at radius 1 is 1.14 bits per heavy atom. The molecule has 3 rings (SSSR count). The average molecular weight is 412 g/mol. The number of amides is 1. The van der Waals surface area contributed by atoms with Gasteiger partial charge in [-0.3, -0.25) is 9.59 Å². The number of benzene rings is 2. The first-order valence-corrected chi connectivity index (χ1v) is 10.2. The number of carbonyl (C=O) groups is 2. The molecule has 0 radical (unpaired) electrons. The Morgan fingerprint density at radius 2 is 1.83 bits per heavy atom. The summed E-state index contributed by atoms with van der Waals surface area (Å²) in [7, 11) is 5.24. The summed E-state index contributed by atoms with van der Waals surface area (Å²) >= 11 is 1.40. The van der Waals surface area contributed by atoms with Crippen LogP contribution in [-0.4, -0.2) is 37.6 Å². The van der Waals surface area contributed by atoms with Crippen molar-refractivity contribution < 1.29 is 14.3 Å². The highest BCUT2D eigenvalue weighted by Crippen LogP contribution is 2.24. The molecule has 1 heterocycles. The molecule has 0 unspecified atom stereocenters. The molecule has 0 saturated heterocycles. The van der Waals surface area contributed by atoms with E-state index in [-0.39, 0.29) is 18.4 Å². The van der Waals surface area contributed by atoms with Gasteiger partial charge in [0.15, 0.2) is 4.80 Å². The van der Waals surface area contributed by atoms with Crippen molar-refractivity contribution in [2.24, 2.45) is 4.99 Å². The van der Waals surface area contributed by atoms with E-state index in [1.165, 1.54) is 24.0 Å². The molecule has 7 heteroatoms. The lowest BCUT2D eigenvalue weighted by Gasteiger charge is -2.11. The zero-order chi connectivity index (χ0) is 21.1. The lowest BCUT2D eigenvalue weighted by Crippen LogP contribution is -2.22.